The molecule has 8 heteroatoms. The predicted molar refractivity (Wildman–Crippen MR) is 71.2 cm³/mol. The van der Waals surface area contributed by atoms with E-state index in [1.807, 2.05) is 13.8 Å². The number of aliphatic hydroxyl groups excluding tert-OH is 1. The summed E-state index contributed by atoms with van der Waals surface area (Å²) in [6, 6.07) is 0. The molecule has 0 fully saturated rings. The normalized spacial score (nSPS) is 12.1. The van der Waals surface area contributed by atoms with Gasteiger partial charge in [0.2, 0.25) is 0 Å². The van der Waals surface area contributed by atoms with Crippen molar-refractivity contribution < 1.29 is 18.3 Å². The highest BCUT2D eigenvalue weighted by molar-refractivity contribution is 6.30. The predicted octanol–water partition coefficient (Wildman–Crippen LogP) is 2.92. The third kappa shape index (κ3) is 4.49. The minimum absolute atomic E-state index is 0.0614. The molecule has 1 aromatic rings. The molecule has 0 aliphatic carbocycles. The largest absolute Gasteiger partial charge is 0.405 e. The molecule has 0 saturated heterocycles. The Morgan fingerprint density at radius 1 is 1.30 bits per heavy atom. The molecule has 1 rings (SSSR count). The molecule has 114 valence electrons. The van der Waals surface area contributed by atoms with Gasteiger partial charge in [-0.3, -0.25) is 0 Å². The lowest BCUT2D eigenvalue weighted by atomic mass is 10.2. The van der Waals surface area contributed by atoms with Crippen molar-refractivity contribution in [2.75, 3.05) is 24.6 Å². The molecule has 4 nitrogen and oxygen atoms in total. The first-order chi connectivity index (χ1) is 9.15. The summed E-state index contributed by atoms with van der Waals surface area (Å²) in [4.78, 5) is 9.18. The summed E-state index contributed by atoms with van der Waals surface area (Å²) in [5.41, 5.74) is 0.369. The van der Waals surface area contributed by atoms with Gasteiger partial charge in [0.05, 0.1) is 6.61 Å². The fraction of sp³-hybridized carbons (Fsp3) is 0.667. The van der Waals surface area contributed by atoms with Crippen LogP contribution in [0, 0.1) is 6.92 Å². The SMILES string of the molecule is Cc1c(Cl)nc(C(C)C)nc1N(CCO)CC(F)(F)F. The van der Waals surface area contributed by atoms with Gasteiger partial charge in [0, 0.05) is 18.0 Å². The van der Waals surface area contributed by atoms with Crippen LogP contribution in [0.1, 0.15) is 31.2 Å². The van der Waals surface area contributed by atoms with Gasteiger partial charge < -0.3 is 10.0 Å². The van der Waals surface area contributed by atoms with Crippen LogP contribution < -0.4 is 4.90 Å². The van der Waals surface area contributed by atoms with Gasteiger partial charge in [-0.05, 0) is 6.92 Å². The Bertz CT molecular complexity index is 466. The fourth-order valence-electron chi connectivity index (χ4n) is 1.66. The molecule has 0 bridgehead atoms. The summed E-state index contributed by atoms with van der Waals surface area (Å²) in [5.74, 6) is 0.425. The maximum atomic E-state index is 12.6. The van der Waals surface area contributed by atoms with Crippen LogP contribution in [0.2, 0.25) is 5.15 Å². The Balaban J connectivity index is 3.24. The molecule has 0 spiro atoms. The van der Waals surface area contributed by atoms with Crippen LogP contribution in [-0.4, -0.2) is 40.9 Å². The smallest absolute Gasteiger partial charge is 0.395 e. The van der Waals surface area contributed by atoms with E-state index >= 15 is 0 Å². The second-order valence-electron chi connectivity index (χ2n) is 4.74. The zero-order chi connectivity index (χ0) is 15.5. The van der Waals surface area contributed by atoms with Crippen molar-refractivity contribution in [1.82, 2.24) is 9.97 Å². The van der Waals surface area contributed by atoms with Crippen LogP contribution in [0.3, 0.4) is 0 Å². The van der Waals surface area contributed by atoms with Crippen molar-refractivity contribution in [3.05, 3.63) is 16.5 Å². The van der Waals surface area contributed by atoms with E-state index in [1.165, 1.54) is 0 Å². The highest BCUT2D eigenvalue weighted by Gasteiger charge is 2.32. The monoisotopic (exact) mass is 311 g/mol. The van der Waals surface area contributed by atoms with Gasteiger partial charge in [-0.25, -0.2) is 9.97 Å². The molecule has 0 saturated carbocycles. The van der Waals surface area contributed by atoms with Crippen LogP contribution >= 0.6 is 11.6 Å². The molecule has 1 aromatic heterocycles. The van der Waals surface area contributed by atoms with Gasteiger partial charge in [-0.1, -0.05) is 25.4 Å². The first-order valence-electron chi connectivity index (χ1n) is 6.12. The van der Waals surface area contributed by atoms with E-state index in [-0.39, 0.29) is 23.4 Å². The molecule has 20 heavy (non-hydrogen) atoms. The molecule has 0 atom stereocenters. The highest BCUT2D eigenvalue weighted by Crippen LogP contribution is 2.28. The van der Waals surface area contributed by atoms with Gasteiger partial charge in [-0.2, -0.15) is 13.2 Å². The number of rotatable bonds is 5. The summed E-state index contributed by atoms with van der Waals surface area (Å²) >= 11 is 5.96. The van der Waals surface area contributed by atoms with Crippen LogP contribution in [0.25, 0.3) is 0 Å². The third-order valence-corrected chi connectivity index (χ3v) is 3.00. The van der Waals surface area contributed by atoms with Crippen LogP contribution in [0.4, 0.5) is 19.0 Å². The molecule has 0 aromatic carbocycles. The van der Waals surface area contributed by atoms with Crippen LogP contribution in [-0.2, 0) is 0 Å². The topological polar surface area (TPSA) is 49.2 Å². The lowest BCUT2D eigenvalue weighted by Crippen LogP contribution is -2.37. The van der Waals surface area contributed by atoms with Crippen LogP contribution in [0.5, 0.6) is 0 Å². The molecule has 1 N–H and O–H groups in total. The quantitative estimate of drug-likeness (QED) is 0.850. The second-order valence-corrected chi connectivity index (χ2v) is 5.09. The van der Waals surface area contributed by atoms with Crippen molar-refractivity contribution in [3.8, 4) is 0 Å². The number of halogens is 4. The van der Waals surface area contributed by atoms with Gasteiger partial charge in [0.1, 0.15) is 23.3 Å². The maximum Gasteiger partial charge on any atom is 0.405 e. The van der Waals surface area contributed by atoms with E-state index in [2.05, 4.69) is 9.97 Å². The van der Waals surface area contributed by atoms with Gasteiger partial charge in [-0.15, -0.1) is 0 Å². The Hall–Kier alpha value is -1.08. The molecule has 0 aliphatic heterocycles. The number of nitrogens with zero attached hydrogens (tertiary/aromatic N) is 3. The number of alkyl halides is 3. The molecule has 0 amide bonds. The number of hydrogen-bond donors (Lipinski definition) is 1. The van der Waals surface area contributed by atoms with E-state index in [4.69, 9.17) is 16.7 Å². The minimum Gasteiger partial charge on any atom is -0.395 e. The average Bonchev–Trinajstić information content (AvgIpc) is 2.30. The Morgan fingerprint density at radius 3 is 2.35 bits per heavy atom. The Labute approximate surface area is 120 Å². The zero-order valence-corrected chi connectivity index (χ0v) is 12.3. The first-order valence-corrected chi connectivity index (χ1v) is 6.50. The number of hydrogen-bond acceptors (Lipinski definition) is 4. The second kappa shape index (κ2) is 6.58. The summed E-state index contributed by atoms with van der Waals surface area (Å²) in [6.45, 7) is 3.43. The van der Waals surface area contributed by atoms with E-state index in [1.54, 1.807) is 6.92 Å². The van der Waals surface area contributed by atoms with Crippen LogP contribution in [0.15, 0.2) is 0 Å². The summed E-state index contributed by atoms with van der Waals surface area (Å²) in [6.07, 6.45) is -4.39. The summed E-state index contributed by atoms with van der Waals surface area (Å²) in [5, 5.41) is 9.08. The van der Waals surface area contributed by atoms with Crippen molar-refractivity contribution >= 4 is 17.4 Å². The average molecular weight is 312 g/mol. The summed E-state index contributed by atoms with van der Waals surface area (Å²) < 4.78 is 37.8. The molecule has 0 aliphatic rings. The van der Waals surface area contributed by atoms with E-state index in [0.717, 1.165) is 4.90 Å². The molecular weight excluding hydrogens is 295 g/mol. The van der Waals surface area contributed by atoms with E-state index in [9.17, 15) is 13.2 Å². The highest BCUT2D eigenvalue weighted by atomic mass is 35.5. The maximum absolute atomic E-state index is 12.6. The van der Waals surface area contributed by atoms with E-state index in [0.29, 0.717) is 11.4 Å². The van der Waals surface area contributed by atoms with Crippen molar-refractivity contribution in [3.63, 3.8) is 0 Å². The molecular formula is C12H17ClF3N3O. The Morgan fingerprint density at radius 2 is 1.90 bits per heavy atom. The number of aromatic nitrogens is 2. The van der Waals surface area contributed by atoms with Gasteiger partial charge in [0.25, 0.3) is 0 Å². The van der Waals surface area contributed by atoms with Gasteiger partial charge in [0.15, 0.2) is 0 Å². The summed E-state index contributed by atoms with van der Waals surface area (Å²) in [7, 11) is 0. The molecule has 0 radical (unpaired) electrons. The number of aliphatic hydroxyl groups is 1. The van der Waals surface area contributed by atoms with Gasteiger partial charge >= 0.3 is 6.18 Å². The van der Waals surface area contributed by atoms with Crippen molar-refractivity contribution in [2.45, 2.75) is 32.9 Å². The lowest BCUT2D eigenvalue weighted by molar-refractivity contribution is -0.120. The van der Waals surface area contributed by atoms with Crippen molar-refractivity contribution in [2.24, 2.45) is 0 Å². The van der Waals surface area contributed by atoms with E-state index < -0.39 is 19.3 Å². The minimum atomic E-state index is -4.39. The number of anilines is 1. The molecule has 1 heterocycles. The lowest BCUT2D eigenvalue weighted by Gasteiger charge is -2.26. The Kier molecular flexibility index (Phi) is 5.59. The first kappa shape index (κ1) is 17.0. The fourth-order valence-corrected chi connectivity index (χ4v) is 1.83. The zero-order valence-electron chi connectivity index (χ0n) is 11.5. The van der Waals surface area contributed by atoms with Crippen molar-refractivity contribution in [1.29, 1.82) is 0 Å². The molecule has 0 unspecified atom stereocenters. The third-order valence-electron chi connectivity index (χ3n) is 2.63. The standard InChI is InChI=1S/C12H17ClF3N3O/c1-7(2)10-17-9(13)8(3)11(18-10)19(4-5-20)6-12(14,15)16/h7,20H,4-6H2,1-3H3.